The van der Waals surface area contributed by atoms with Crippen molar-refractivity contribution in [3.8, 4) is 0 Å². The standard InChI is InChI=1S/C21H31ClN4O3/c1-23-21(24-8-2-11-28-15-18-7-12-29-16-18)26-10-9-25(20(27)14-26)13-17-3-5-19(22)6-4-17/h3-6,18H,2,7-16H2,1H3,(H,23,24). The van der Waals surface area contributed by atoms with Crippen LogP contribution in [0.4, 0.5) is 0 Å². The summed E-state index contributed by atoms with van der Waals surface area (Å²) in [7, 11) is 1.75. The predicted molar refractivity (Wildman–Crippen MR) is 114 cm³/mol. The average Bonchev–Trinajstić information content (AvgIpc) is 3.24. The fraction of sp³-hybridized carbons (Fsp3) is 0.619. The highest BCUT2D eigenvalue weighted by molar-refractivity contribution is 6.30. The molecule has 1 unspecified atom stereocenters. The van der Waals surface area contributed by atoms with Crippen molar-refractivity contribution >= 4 is 23.5 Å². The van der Waals surface area contributed by atoms with Gasteiger partial charge in [-0.25, -0.2) is 0 Å². The molecular weight excluding hydrogens is 392 g/mol. The third-order valence-corrected chi connectivity index (χ3v) is 5.49. The van der Waals surface area contributed by atoms with E-state index < -0.39 is 0 Å². The van der Waals surface area contributed by atoms with Crippen LogP contribution in [-0.2, 0) is 20.8 Å². The van der Waals surface area contributed by atoms with Crippen LogP contribution in [0.15, 0.2) is 29.3 Å². The molecule has 1 N–H and O–H groups in total. The lowest BCUT2D eigenvalue weighted by molar-refractivity contribution is -0.135. The Hall–Kier alpha value is -1.83. The number of hydrogen-bond donors (Lipinski definition) is 1. The zero-order valence-corrected chi connectivity index (χ0v) is 17.9. The SMILES string of the molecule is CN=C(NCCCOCC1CCOC1)N1CCN(Cc2ccc(Cl)cc2)C(=O)C1. The van der Waals surface area contributed by atoms with Crippen molar-refractivity contribution in [2.75, 3.05) is 59.7 Å². The molecule has 0 aliphatic carbocycles. The molecule has 1 amide bonds. The minimum atomic E-state index is 0.108. The van der Waals surface area contributed by atoms with E-state index in [9.17, 15) is 4.79 Å². The van der Waals surface area contributed by atoms with E-state index >= 15 is 0 Å². The van der Waals surface area contributed by atoms with Crippen LogP contribution in [-0.4, -0.2) is 81.3 Å². The molecule has 2 fully saturated rings. The van der Waals surface area contributed by atoms with E-state index in [0.29, 0.717) is 37.2 Å². The molecular formula is C21H31ClN4O3. The summed E-state index contributed by atoms with van der Waals surface area (Å²) in [5.74, 6) is 1.43. The number of carbonyl (C=O) groups is 1. The van der Waals surface area contributed by atoms with Gasteiger partial charge in [0, 0.05) is 57.4 Å². The topological polar surface area (TPSA) is 66.4 Å². The molecule has 3 rings (SSSR count). The molecule has 2 aliphatic heterocycles. The fourth-order valence-electron chi connectivity index (χ4n) is 3.54. The lowest BCUT2D eigenvalue weighted by Crippen LogP contribution is -2.55. The first-order valence-corrected chi connectivity index (χ1v) is 10.7. The summed E-state index contributed by atoms with van der Waals surface area (Å²) in [6.07, 6.45) is 2.00. The van der Waals surface area contributed by atoms with Crippen LogP contribution in [0.3, 0.4) is 0 Å². The Labute approximate surface area is 178 Å². The number of ether oxygens (including phenoxy) is 2. The molecule has 2 saturated heterocycles. The fourth-order valence-corrected chi connectivity index (χ4v) is 3.66. The van der Waals surface area contributed by atoms with Crippen molar-refractivity contribution in [1.29, 1.82) is 0 Å². The molecule has 1 aromatic rings. The van der Waals surface area contributed by atoms with Gasteiger partial charge in [-0.1, -0.05) is 23.7 Å². The Bertz CT molecular complexity index is 677. The minimum Gasteiger partial charge on any atom is -0.381 e. The number of hydrogen-bond acceptors (Lipinski definition) is 4. The minimum absolute atomic E-state index is 0.108. The van der Waals surface area contributed by atoms with Crippen molar-refractivity contribution in [2.24, 2.45) is 10.9 Å². The van der Waals surface area contributed by atoms with Gasteiger partial charge in [0.1, 0.15) is 0 Å². The Morgan fingerprint density at radius 2 is 2.17 bits per heavy atom. The highest BCUT2D eigenvalue weighted by Crippen LogP contribution is 2.14. The third kappa shape index (κ3) is 6.87. The van der Waals surface area contributed by atoms with E-state index in [1.54, 1.807) is 7.05 Å². The van der Waals surface area contributed by atoms with Gasteiger partial charge in [0.05, 0.1) is 19.8 Å². The van der Waals surface area contributed by atoms with Crippen LogP contribution in [0, 0.1) is 5.92 Å². The number of carbonyl (C=O) groups excluding carboxylic acids is 1. The van der Waals surface area contributed by atoms with Crippen LogP contribution in [0.25, 0.3) is 0 Å². The van der Waals surface area contributed by atoms with E-state index in [4.69, 9.17) is 21.1 Å². The van der Waals surface area contributed by atoms with Crippen LogP contribution in [0.5, 0.6) is 0 Å². The predicted octanol–water partition coefficient (Wildman–Crippen LogP) is 2.00. The van der Waals surface area contributed by atoms with Crippen molar-refractivity contribution < 1.29 is 14.3 Å². The molecule has 0 radical (unpaired) electrons. The molecule has 8 heteroatoms. The monoisotopic (exact) mass is 422 g/mol. The molecule has 0 saturated carbocycles. The molecule has 160 valence electrons. The molecule has 7 nitrogen and oxygen atoms in total. The zero-order valence-electron chi connectivity index (χ0n) is 17.1. The van der Waals surface area contributed by atoms with E-state index in [0.717, 1.165) is 57.3 Å². The summed E-state index contributed by atoms with van der Waals surface area (Å²) >= 11 is 5.93. The van der Waals surface area contributed by atoms with Crippen LogP contribution < -0.4 is 5.32 Å². The normalized spacial score (nSPS) is 20.4. The lowest BCUT2D eigenvalue weighted by atomic mass is 10.1. The lowest BCUT2D eigenvalue weighted by Gasteiger charge is -2.36. The van der Waals surface area contributed by atoms with E-state index in [2.05, 4.69) is 10.3 Å². The van der Waals surface area contributed by atoms with Gasteiger partial charge in [0.2, 0.25) is 5.91 Å². The Balaban J connectivity index is 1.35. The highest BCUT2D eigenvalue weighted by Gasteiger charge is 2.25. The van der Waals surface area contributed by atoms with E-state index in [1.165, 1.54) is 0 Å². The van der Waals surface area contributed by atoms with Gasteiger partial charge in [0.15, 0.2) is 5.96 Å². The zero-order chi connectivity index (χ0) is 20.5. The smallest absolute Gasteiger partial charge is 0.242 e. The molecule has 1 atom stereocenters. The Morgan fingerprint density at radius 1 is 1.34 bits per heavy atom. The summed E-state index contributed by atoms with van der Waals surface area (Å²) in [5.41, 5.74) is 1.09. The quantitative estimate of drug-likeness (QED) is 0.394. The summed E-state index contributed by atoms with van der Waals surface area (Å²) in [6, 6.07) is 7.64. The summed E-state index contributed by atoms with van der Waals surface area (Å²) in [5, 5.41) is 4.05. The highest BCUT2D eigenvalue weighted by atomic mass is 35.5. The summed E-state index contributed by atoms with van der Waals surface area (Å²) in [4.78, 5) is 20.8. The number of piperazine rings is 1. The van der Waals surface area contributed by atoms with E-state index in [-0.39, 0.29) is 5.91 Å². The maximum Gasteiger partial charge on any atom is 0.242 e. The largest absolute Gasteiger partial charge is 0.381 e. The van der Waals surface area contributed by atoms with Gasteiger partial charge in [-0.2, -0.15) is 0 Å². The second-order valence-electron chi connectivity index (χ2n) is 7.50. The summed E-state index contributed by atoms with van der Waals surface area (Å²) < 4.78 is 11.1. The first-order valence-electron chi connectivity index (χ1n) is 10.3. The number of rotatable bonds is 8. The van der Waals surface area contributed by atoms with Crippen molar-refractivity contribution in [3.63, 3.8) is 0 Å². The molecule has 0 spiro atoms. The molecule has 0 aromatic heterocycles. The third-order valence-electron chi connectivity index (χ3n) is 5.24. The maximum atomic E-state index is 12.6. The Kier molecular flexibility index (Phi) is 8.58. The van der Waals surface area contributed by atoms with Crippen molar-refractivity contribution in [1.82, 2.24) is 15.1 Å². The summed E-state index contributed by atoms with van der Waals surface area (Å²) in [6.45, 7) is 6.33. The number of nitrogens with zero attached hydrogens (tertiary/aromatic N) is 3. The van der Waals surface area contributed by atoms with Gasteiger partial charge < -0.3 is 24.6 Å². The second kappa shape index (κ2) is 11.4. The van der Waals surface area contributed by atoms with Gasteiger partial charge in [-0.05, 0) is 30.5 Å². The van der Waals surface area contributed by atoms with Crippen molar-refractivity contribution in [3.05, 3.63) is 34.9 Å². The average molecular weight is 423 g/mol. The molecule has 1 aromatic carbocycles. The first kappa shape index (κ1) is 21.9. The number of amides is 1. The molecule has 29 heavy (non-hydrogen) atoms. The van der Waals surface area contributed by atoms with Gasteiger partial charge in [-0.3, -0.25) is 9.79 Å². The van der Waals surface area contributed by atoms with Gasteiger partial charge in [0.25, 0.3) is 0 Å². The Morgan fingerprint density at radius 3 is 2.86 bits per heavy atom. The van der Waals surface area contributed by atoms with Crippen LogP contribution in [0.2, 0.25) is 5.02 Å². The first-order chi connectivity index (χ1) is 14.2. The number of benzene rings is 1. The number of aliphatic imine (C=N–C) groups is 1. The van der Waals surface area contributed by atoms with Crippen molar-refractivity contribution in [2.45, 2.75) is 19.4 Å². The van der Waals surface area contributed by atoms with Gasteiger partial charge in [-0.15, -0.1) is 0 Å². The number of halogens is 1. The molecule has 2 aliphatic rings. The maximum absolute atomic E-state index is 12.6. The second-order valence-corrected chi connectivity index (χ2v) is 7.93. The van der Waals surface area contributed by atoms with E-state index in [1.807, 2.05) is 34.1 Å². The number of nitrogens with one attached hydrogen (secondary N) is 1. The van der Waals surface area contributed by atoms with Crippen LogP contribution in [0.1, 0.15) is 18.4 Å². The molecule has 0 bridgehead atoms. The van der Waals surface area contributed by atoms with Gasteiger partial charge >= 0.3 is 0 Å². The number of guanidine groups is 1. The van der Waals surface area contributed by atoms with Crippen LogP contribution >= 0.6 is 11.6 Å². The molecule has 2 heterocycles.